The van der Waals surface area contributed by atoms with Crippen molar-refractivity contribution in [3.05, 3.63) is 0 Å². The van der Waals surface area contributed by atoms with E-state index in [4.69, 9.17) is 11.6 Å². The molecule has 1 saturated heterocycles. The smallest absolute Gasteiger partial charge is 0.421 e. The molecule has 1 heterocycles. The second-order valence-corrected chi connectivity index (χ2v) is 5.46. The number of methoxy groups -OCH3 is 1. The van der Waals surface area contributed by atoms with Gasteiger partial charge in [-0.15, -0.1) is 11.6 Å². The van der Waals surface area contributed by atoms with Crippen LogP contribution in [0.5, 0.6) is 0 Å². The summed E-state index contributed by atoms with van der Waals surface area (Å²) < 4.78 is 30.2. The third kappa shape index (κ3) is 3.51. The molecular formula is C7H13ClN2O4S. The van der Waals surface area contributed by atoms with Gasteiger partial charge in [0.15, 0.2) is 0 Å². The van der Waals surface area contributed by atoms with Gasteiger partial charge in [0.05, 0.1) is 7.11 Å². The van der Waals surface area contributed by atoms with Crippen LogP contribution in [0.1, 0.15) is 12.8 Å². The van der Waals surface area contributed by atoms with Crippen LogP contribution in [0.25, 0.3) is 0 Å². The summed E-state index contributed by atoms with van der Waals surface area (Å²) in [6, 6.07) is 0. The summed E-state index contributed by atoms with van der Waals surface area (Å²) in [5, 5.41) is 0.00887. The highest BCUT2D eigenvalue weighted by atomic mass is 35.5. The number of amides is 1. The first kappa shape index (κ1) is 12.5. The Morgan fingerprint density at radius 1 is 1.47 bits per heavy atom. The molecule has 0 atom stereocenters. The first-order valence-electron chi connectivity index (χ1n) is 4.45. The molecule has 0 aromatic carbocycles. The van der Waals surface area contributed by atoms with Crippen molar-refractivity contribution in [1.82, 2.24) is 9.03 Å². The SMILES string of the molecule is COC(=O)NS(=O)(=O)N1CCC(Cl)CC1. The molecule has 1 N–H and O–H groups in total. The number of nitrogens with one attached hydrogen (secondary N) is 1. The van der Waals surface area contributed by atoms with Crippen LogP contribution >= 0.6 is 11.6 Å². The fourth-order valence-corrected chi connectivity index (χ4v) is 2.59. The highest BCUT2D eigenvalue weighted by molar-refractivity contribution is 7.87. The zero-order valence-corrected chi connectivity index (χ0v) is 9.84. The Kier molecular flexibility index (Phi) is 4.18. The molecule has 1 aliphatic rings. The van der Waals surface area contributed by atoms with Crippen LogP contribution in [0.15, 0.2) is 0 Å². The molecule has 1 amide bonds. The van der Waals surface area contributed by atoms with E-state index in [0.717, 1.165) is 7.11 Å². The van der Waals surface area contributed by atoms with Gasteiger partial charge in [-0.3, -0.25) is 0 Å². The molecule has 0 aliphatic carbocycles. The van der Waals surface area contributed by atoms with Gasteiger partial charge >= 0.3 is 16.3 Å². The van der Waals surface area contributed by atoms with E-state index in [1.165, 1.54) is 4.31 Å². The second kappa shape index (κ2) is 5.00. The minimum atomic E-state index is -3.77. The minimum absolute atomic E-state index is 0.00887. The predicted molar refractivity (Wildman–Crippen MR) is 54.9 cm³/mol. The lowest BCUT2D eigenvalue weighted by molar-refractivity contribution is 0.176. The Bertz CT molecular complexity index is 324. The third-order valence-corrected chi connectivity index (χ3v) is 4.03. The Balaban J connectivity index is 2.58. The summed E-state index contributed by atoms with van der Waals surface area (Å²) in [6.07, 6.45) is 0.191. The molecule has 0 aromatic rings. The Labute approximate surface area is 93.7 Å². The molecule has 15 heavy (non-hydrogen) atoms. The van der Waals surface area contributed by atoms with Crippen molar-refractivity contribution in [2.75, 3.05) is 20.2 Å². The van der Waals surface area contributed by atoms with Gasteiger partial charge in [0, 0.05) is 18.5 Å². The first-order chi connectivity index (χ1) is 6.95. The van der Waals surface area contributed by atoms with E-state index >= 15 is 0 Å². The van der Waals surface area contributed by atoms with Crippen molar-refractivity contribution in [2.45, 2.75) is 18.2 Å². The van der Waals surface area contributed by atoms with Gasteiger partial charge in [-0.05, 0) is 12.8 Å². The Hall–Kier alpha value is -0.530. The van der Waals surface area contributed by atoms with Gasteiger partial charge in [0.2, 0.25) is 0 Å². The molecule has 0 radical (unpaired) electrons. The van der Waals surface area contributed by atoms with Gasteiger partial charge in [0.1, 0.15) is 0 Å². The van der Waals surface area contributed by atoms with E-state index in [1.807, 2.05) is 0 Å². The number of rotatable bonds is 2. The normalized spacial score (nSPS) is 19.9. The fourth-order valence-electron chi connectivity index (χ4n) is 1.28. The number of halogens is 1. The molecule has 6 nitrogen and oxygen atoms in total. The molecule has 88 valence electrons. The lowest BCUT2D eigenvalue weighted by Gasteiger charge is -2.27. The molecule has 1 rings (SSSR count). The van der Waals surface area contributed by atoms with Gasteiger partial charge in [-0.2, -0.15) is 12.7 Å². The molecule has 1 aliphatic heterocycles. The number of carbonyl (C=O) groups is 1. The van der Waals surface area contributed by atoms with Crippen LogP contribution in [0.4, 0.5) is 4.79 Å². The largest absolute Gasteiger partial charge is 0.452 e. The van der Waals surface area contributed by atoms with Crippen LogP contribution in [0.2, 0.25) is 0 Å². The van der Waals surface area contributed by atoms with Crippen LogP contribution in [-0.4, -0.2) is 44.4 Å². The number of alkyl halides is 1. The standard InChI is InChI=1S/C7H13ClN2O4S/c1-14-7(11)9-15(12,13)10-4-2-6(8)3-5-10/h6H,2-5H2,1H3,(H,9,11). The monoisotopic (exact) mass is 256 g/mol. The zero-order valence-electron chi connectivity index (χ0n) is 8.27. The summed E-state index contributed by atoms with van der Waals surface area (Å²) in [6.45, 7) is 0.640. The van der Waals surface area contributed by atoms with Crippen molar-refractivity contribution in [3.8, 4) is 0 Å². The minimum Gasteiger partial charge on any atom is -0.452 e. The Morgan fingerprint density at radius 2 is 2.00 bits per heavy atom. The number of piperidine rings is 1. The average molecular weight is 257 g/mol. The summed E-state index contributed by atoms with van der Waals surface area (Å²) in [7, 11) is -2.66. The van der Waals surface area contributed by atoms with Gasteiger partial charge < -0.3 is 4.74 Å². The number of nitrogens with zero attached hydrogens (tertiary/aromatic N) is 1. The molecule has 0 unspecified atom stereocenters. The molecule has 0 saturated carbocycles. The highest BCUT2D eigenvalue weighted by Gasteiger charge is 2.28. The highest BCUT2D eigenvalue weighted by Crippen LogP contribution is 2.17. The molecule has 8 heteroatoms. The second-order valence-electron chi connectivity index (χ2n) is 3.17. The predicted octanol–water partition coefficient (Wildman–Crippen LogP) is 0.290. The summed E-state index contributed by atoms with van der Waals surface area (Å²) >= 11 is 5.83. The van der Waals surface area contributed by atoms with Crippen molar-refractivity contribution in [1.29, 1.82) is 0 Å². The topological polar surface area (TPSA) is 75.7 Å². The number of hydrogen-bond acceptors (Lipinski definition) is 4. The van der Waals surface area contributed by atoms with E-state index in [1.54, 1.807) is 4.72 Å². The molecule has 0 bridgehead atoms. The molecule has 0 spiro atoms. The summed E-state index contributed by atoms with van der Waals surface area (Å²) in [4.78, 5) is 10.8. The summed E-state index contributed by atoms with van der Waals surface area (Å²) in [5.74, 6) is 0. The first-order valence-corrected chi connectivity index (χ1v) is 6.33. The van der Waals surface area contributed by atoms with E-state index in [9.17, 15) is 13.2 Å². The van der Waals surface area contributed by atoms with E-state index in [-0.39, 0.29) is 5.38 Å². The molecular weight excluding hydrogens is 244 g/mol. The Morgan fingerprint density at radius 3 is 2.47 bits per heavy atom. The van der Waals surface area contributed by atoms with Gasteiger partial charge in [-0.25, -0.2) is 9.52 Å². The maximum atomic E-state index is 11.5. The lowest BCUT2D eigenvalue weighted by atomic mass is 10.2. The van der Waals surface area contributed by atoms with Crippen LogP contribution < -0.4 is 4.72 Å². The van der Waals surface area contributed by atoms with Gasteiger partial charge in [0.25, 0.3) is 0 Å². The van der Waals surface area contributed by atoms with Crippen molar-refractivity contribution < 1.29 is 17.9 Å². The van der Waals surface area contributed by atoms with Crippen molar-refractivity contribution in [2.24, 2.45) is 0 Å². The van der Waals surface area contributed by atoms with Crippen LogP contribution in [-0.2, 0) is 14.9 Å². The number of carbonyl (C=O) groups excluding carboxylic acids is 1. The van der Waals surface area contributed by atoms with E-state index in [0.29, 0.717) is 25.9 Å². The van der Waals surface area contributed by atoms with Crippen LogP contribution in [0, 0.1) is 0 Å². The fraction of sp³-hybridized carbons (Fsp3) is 0.857. The number of hydrogen-bond donors (Lipinski definition) is 1. The maximum absolute atomic E-state index is 11.5. The quantitative estimate of drug-likeness (QED) is 0.721. The third-order valence-electron chi connectivity index (χ3n) is 2.12. The molecule has 1 fully saturated rings. The van der Waals surface area contributed by atoms with Crippen molar-refractivity contribution >= 4 is 27.9 Å². The maximum Gasteiger partial charge on any atom is 0.421 e. The average Bonchev–Trinajstić information content (AvgIpc) is 2.17. The van der Waals surface area contributed by atoms with E-state index in [2.05, 4.69) is 4.74 Å². The van der Waals surface area contributed by atoms with Crippen LogP contribution in [0.3, 0.4) is 0 Å². The molecule has 0 aromatic heterocycles. The number of ether oxygens (including phenoxy) is 1. The van der Waals surface area contributed by atoms with E-state index < -0.39 is 16.3 Å². The lowest BCUT2D eigenvalue weighted by Crippen LogP contribution is -2.47. The van der Waals surface area contributed by atoms with Gasteiger partial charge in [-0.1, -0.05) is 0 Å². The zero-order chi connectivity index (χ0) is 11.5. The van der Waals surface area contributed by atoms with Crippen molar-refractivity contribution in [3.63, 3.8) is 0 Å². The summed E-state index contributed by atoms with van der Waals surface area (Å²) in [5.41, 5.74) is 0.